The smallest absolute Gasteiger partial charge is 0.419 e. The maximum Gasteiger partial charge on any atom is 0.419 e. The molecule has 0 atom stereocenters. The minimum absolute atomic E-state index is 0.0917. The van der Waals surface area contributed by atoms with Gasteiger partial charge in [0.2, 0.25) is 0 Å². The SMILES string of the molecule is O=C(O)c1nn(-c2ccc(F)c(C(F)(F)F)c2)c2c1CCc1cccnc1-2. The Bertz CT molecular complexity index is 1070. The van der Waals surface area contributed by atoms with Gasteiger partial charge in [0, 0.05) is 11.8 Å². The fourth-order valence-corrected chi connectivity index (χ4v) is 3.26. The number of halogens is 4. The average molecular weight is 377 g/mol. The number of carboxylic acids is 1. The molecule has 4 rings (SSSR count). The highest BCUT2D eigenvalue weighted by Gasteiger charge is 2.35. The number of alkyl halides is 3. The van der Waals surface area contributed by atoms with Crippen LogP contribution in [0.1, 0.15) is 27.2 Å². The van der Waals surface area contributed by atoms with Gasteiger partial charge in [0.1, 0.15) is 5.82 Å². The highest BCUT2D eigenvalue weighted by molar-refractivity contribution is 5.90. The van der Waals surface area contributed by atoms with Gasteiger partial charge in [0.25, 0.3) is 0 Å². The lowest BCUT2D eigenvalue weighted by Gasteiger charge is -2.18. The van der Waals surface area contributed by atoms with Crippen LogP contribution in [0.25, 0.3) is 17.1 Å². The zero-order chi connectivity index (χ0) is 19.3. The molecule has 138 valence electrons. The summed E-state index contributed by atoms with van der Waals surface area (Å²) in [4.78, 5) is 15.8. The van der Waals surface area contributed by atoms with Crippen LogP contribution in [0.3, 0.4) is 0 Å². The van der Waals surface area contributed by atoms with Crippen molar-refractivity contribution in [2.75, 3.05) is 0 Å². The van der Waals surface area contributed by atoms with Crippen LogP contribution in [-0.2, 0) is 19.0 Å². The Morgan fingerprint density at radius 3 is 2.67 bits per heavy atom. The van der Waals surface area contributed by atoms with E-state index in [0.717, 1.165) is 16.3 Å². The monoisotopic (exact) mass is 377 g/mol. The number of aromatic carboxylic acids is 1. The molecule has 1 N–H and O–H groups in total. The summed E-state index contributed by atoms with van der Waals surface area (Å²) in [7, 11) is 0. The second kappa shape index (κ2) is 5.90. The Morgan fingerprint density at radius 1 is 1.19 bits per heavy atom. The van der Waals surface area contributed by atoms with E-state index < -0.39 is 23.5 Å². The Balaban J connectivity index is 2.00. The Labute approximate surface area is 149 Å². The van der Waals surface area contributed by atoms with E-state index in [-0.39, 0.29) is 11.4 Å². The Hall–Kier alpha value is -3.23. The minimum atomic E-state index is -4.89. The van der Waals surface area contributed by atoms with Gasteiger partial charge in [-0.1, -0.05) is 6.07 Å². The fraction of sp³-hybridized carbons (Fsp3) is 0.167. The summed E-state index contributed by atoms with van der Waals surface area (Å²) in [5.41, 5.74) is 0.210. The molecule has 27 heavy (non-hydrogen) atoms. The van der Waals surface area contributed by atoms with Crippen molar-refractivity contribution >= 4 is 5.97 Å². The van der Waals surface area contributed by atoms with Crippen LogP contribution in [0.2, 0.25) is 0 Å². The summed E-state index contributed by atoms with van der Waals surface area (Å²) in [5.74, 6) is -2.70. The van der Waals surface area contributed by atoms with Gasteiger partial charge in [0.05, 0.1) is 22.6 Å². The van der Waals surface area contributed by atoms with E-state index in [4.69, 9.17) is 0 Å². The predicted molar refractivity (Wildman–Crippen MR) is 86.1 cm³/mol. The number of nitrogens with zero attached hydrogens (tertiary/aromatic N) is 3. The Kier molecular flexibility index (Phi) is 3.76. The first-order valence-electron chi connectivity index (χ1n) is 7.94. The standard InChI is InChI=1S/C18H11F4N3O2/c19-13-6-4-10(8-12(13)18(20,21)22)25-16-11(15(24-25)17(26)27)5-3-9-2-1-7-23-14(9)16/h1-2,4,6-8H,3,5H2,(H,26,27). The summed E-state index contributed by atoms with van der Waals surface area (Å²) in [6.07, 6.45) is -2.47. The van der Waals surface area contributed by atoms with E-state index in [0.29, 0.717) is 41.9 Å². The molecule has 0 radical (unpaired) electrons. The van der Waals surface area contributed by atoms with Gasteiger partial charge >= 0.3 is 12.1 Å². The lowest BCUT2D eigenvalue weighted by Crippen LogP contribution is -2.12. The molecule has 0 fully saturated rings. The van der Waals surface area contributed by atoms with Gasteiger partial charge in [-0.3, -0.25) is 4.98 Å². The molecule has 2 heterocycles. The molecule has 0 saturated heterocycles. The van der Waals surface area contributed by atoms with E-state index in [2.05, 4.69) is 10.1 Å². The first-order valence-corrected chi connectivity index (χ1v) is 7.94. The molecule has 2 aromatic heterocycles. The van der Waals surface area contributed by atoms with Crippen LogP contribution in [-0.4, -0.2) is 25.8 Å². The third kappa shape index (κ3) is 2.75. The molecule has 1 aliphatic carbocycles. The van der Waals surface area contributed by atoms with Gasteiger partial charge in [-0.25, -0.2) is 13.9 Å². The van der Waals surface area contributed by atoms with Crippen molar-refractivity contribution in [3.63, 3.8) is 0 Å². The number of aromatic nitrogens is 3. The largest absolute Gasteiger partial charge is 0.476 e. The van der Waals surface area contributed by atoms with Crippen LogP contribution < -0.4 is 0 Å². The van der Waals surface area contributed by atoms with Crippen molar-refractivity contribution in [3.05, 3.63) is 64.7 Å². The molecule has 0 spiro atoms. The van der Waals surface area contributed by atoms with E-state index in [1.807, 2.05) is 6.07 Å². The maximum absolute atomic E-state index is 13.6. The number of carbonyl (C=O) groups is 1. The van der Waals surface area contributed by atoms with E-state index in [1.165, 1.54) is 6.20 Å². The van der Waals surface area contributed by atoms with Crippen molar-refractivity contribution in [2.24, 2.45) is 0 Å². The molecule has 5 nitrogen and oxygen atoms in total. The fourth-order valence-electron chi connectivity index (χ4n) is 3.26. The molecule has 0 unspecified atom stereocenters. The summed E-state index contributed by atoms with van der Waals surface area (Å²) >= 11 is 0. The van der Waals surface area contributed by atoms with E-state index >= 15 is 0 Å². The number of pyridine rings is 1. The highest BCUT2D eigenvalue weighted by Crippen LogP contribution is 2.37. The number of hydrogen-bond donors (Lipinski definition) is 1. The second-order valence-electron chi connectivity index (χ2n) is 6.07. The van der Waals surface area contributed by atoms with Crippen LogP contribution in [0.5, 0.6) is 0 Å². The van der Waals surface area contributed by atoms with Gasteiger partial charge in [-0.15, -0.1) is 0 Å². The minimum Gasteiger partial charge on any atom is -0.476 e. The van der Waals surface area contributed by atoms with Crippen LogP contribution in [0.15, 0.2) is 36.5 Å². The maximum atomic E-state index is 13.6. The van der Waals surface area contributed by atoms with Gasteiger partial charge in [-0.2, -0.15) is 18.3 Å². The zero-order valence-electron chi connectivity index (χ0n) is 13.6. The van der Waals surface area contributed by atoms with Gasteiger partial charge in [0.15, 0.2) is 5.69 Å². The lowest BCUT2D eigenvalue weighted by molar-refractivity contribution is -0.140. The number of rotatable bonds is 2. The van der Waals surface area contributed by atoms with Crippen molar-refractivity contribution in [3.8, 4) is 17.1 Å². The third-order valence-corrected chi connectivity index (χ3v) is 4.45. The summed E-state index contributed by atoms with van der Waals surface area (Å²) in [5, 5.41) is 13.4. The number of carboxylic acid groups (broad SMARTS) is 1. The van der Waals surface area contributed by atoms with Crippen LogP contribution in [0, 0.1) is 5.82 Å². The number of aryl methyl sites for hydroxylation is 1. The van der Waals surface area contributed by atoms with Crippen molar-refractivity contribution < 1.29 is 27.5 Å². The quantitative estimate of drug-likeness (QED) is 0.688. The van der Waals surface area contributed by atoms with Gasteiger partial charge in [-0.05, 0) is 42.7 Å². The van der Waals surface area contributed by atoms with Crippen molar-refractivity contribution in [1.29, 1.82) is 0 Å². The van der Waals surface area contributed by atoms with E-state index in [9.17, 15) is 27.5 Å². The molecule has 0 amide bonds. The normalized spacial score (nSPS) is 13.2. The van der Waals surface area contributed by atoms with E-state index in [1.54, 1.807) is 6.07 Å². The van der Waals surface area contributed by atoms with Crippen LogP contribution in [0.4, 0.5) is 17.6 Å². The first-order chi connectivity index (χ1) is 12.8. The van der Waals surface area contributed by atoms with Crippen LogP contribution >= 0.6 is 0 Å². The molecule has 0 aliphatic heterocycles. The molecule has 1 aliphatic rings. The molecule has 3 aromatic rings. The number of hydrogen-bond acceptors (Lipinski definition) is 3. The second-order valence-corrected chi connectivity index (χ2v) is 6.07. The number of fused-ring (bicyclic) bond motifs is 3. The summed E-state index contributed by atoms with van der Waals surface area (Å²) in [6.45, 7) is 0. The van der Waals surface area contributed by atoms with Crippen molar-refractivity contribution in [2.45, 2.75) is 19.0 Å². The zero-order valence-corrected chi connectivity index (χ0v) is 13.6. The van der Waals surface area contributed by atoms with Crippen molar-refractivity contribution in [1.82, 2.24) is 14.8 Å². The molecule has 1 aromatic carbocycles. The third-order valence-electron chi connectivity index (χ3n) is 4.45. The number of benzene rings is 1. The predicted octanol–water partition coefficient (Wildman–Crippen LogP) is 3.89. The first kappa shape index (κ1) is 17.2. The highest BCUT2D eigenvalue weighted by atomic mass is 19.4. The average Bonchev–Trinajstić information content (AvgIpc) is 3.01. The molecular formula is C18H11F4N3O2. The molecular weight excluding hydrogens is 366 g/mol. The summed E-state index contributed by atoms with van der Waals surface area (Å²) < 4.78 is 54.0. The molecule has 0 bridgehead atoms. The lowest BCUT2D eigenvalue weighted by atomic mass is 9.92. The molecule has 9 heteroatoms. The Morgan fingerprint density at radius 2 is 1.96 bits per heavy atom. The topological polar surface area (TPSA) is 68.0 Å². The molecule has 0 saturated carbocycles. The van der Waals surface area contributed by atoms with Gasteiger partial charge < -0.3 is 5.11 Å². The summed E-state index contributed by atoms with van der Waals surface area (Å²) in [6, 6.07) is 5.97.